The molecular weight excluding hydrogens is 1010 g/mol. The highest BCUT2D eigenvalue weighted by atomic mass is 16.3. The summed E-state index contributed by atoms with van der Waals surface area (Å²) in [6.07, 6.45) is 16.8. The Morgan fingerprint density at radius 2 is 1.04 bits per heavy atom. The van der Waals surface area contributed by atoms with E-state index in [2.05, 4.69) is 223 Å². The Balaban J connectivity index is 0.964. The van der Waals surface area contributed by atoms with Crippen LogP contribution in [0, 0.1) is 35.5 Å². The van der Waals surface area contributed by atoms with E-state index in [1.807, 2.05) is 0 Å². The smallest absolute Gasteiger partial charge is 0.333 e. The van der Waals surface area contributed by atoms with Gasteiger partial charge in [-0.3, -0.25) is 0 Å². The Kier molecular flexibility index (Phi) is 9.75. The van der Waals surface area contributed by atoms with Crippen LogP contribution in [-0.2, 0) is 16.2 Å². The number of fused-ring (bicyclic) bond motifs is 10. The number of benzene rings is 9. The molecule has 8 aliphatic carbocycles. The Morgan fingerprint density at radius 3 is 1.67 bits per heavy atom. The normalized spacial score (nSPS) is 26.0. The van der Waals surface area contributed by atoms with Gasteiger partial charge in [0, 0.05) is 72.1 Å². The molecule has 4 nitrogen and oxygen atoms in total. The van der Waals surface area contributed by atoms with E-state index in [4.69, 9.17) is 4.42 Å². The summed E-state index contributed by atoms with van der Waals surface area (Å²) >= 11 is 0. The van der Waals surface area contributed by atoms with Gasteiger partial charge >= 0.3 is 6.85 Å². The van der Waals surface area contributed by atoms with Crippen LogP contribution in [0.4, 0.5) is 34.1 Å². The van der Waals surface area contributed by atoms with E-state index in [1.54, 1.807) is 11.1 Å². The van der Waals surface area contributed by atoms with E-state index in [-0.39, 0.29) is 23.1 Å². The van der Waals surface area contributed by atoms with Crippen molar-refractivity contribution in [3.63, 3.8) is 0 Å². The fourth-order valence-electron chi connectivity index (χ4n) is 20.3. The number of furan rings is 1. The summed E-state index contributed by atoms with van der Waals surface area (Å²) in [4.78, 5) is 5.22. The summed E-state index contributed by atoms with van der Waals surface area (Å²) in [6.45, 7) is 6.91. The molecule has 5 heteroatoms. The lowest BCUT2D eigenvalue weighted by Crippen LogP contribution is -2.56. The highest BCUT2D eigenvalue weighted by molar-refractivity contribution is 6.90. The number of nitrogens with zero attached hydrogens (tertiary/aromatic N) is 3. The molecule has 8 saturated carbocycles. The highest BCUT2D eigenvalue weighted by Gasteiger charge is 2.54. The molecule has 0 radical (unpaired) electrons. The fraction of sp³-hybridized carbons (Fsp3) is 0.308. The molecule has 0 atom stereocenters. The van der Waals surface area contributed by atoms with E-state index in [9.17, 15) is 0 Å². The van der Waals surface area contributed by atoms with E-state index in [0.29, 0.717) is 0 Å². The van der Waals surface area contributed by atoms with Crippen molar-refractivity contribution in [3.05, 3.63) is 205 Å². The topological polar surface area (TPSA) is 24.6 Å². The minimum Gasteiger partial charge on any atom is -0.456 e. The molecule has 4 heterocycles. The number of hydrogen-bond donors (Lipinski definition) is 0. The number of para-hydroxylation sites is 3. The molecule has 11 aromatic rings. The van der Waals surface area contributed by atoms with Crippen LogP contribution in [0.5, 0.6) is 0 Å². The number of hydrogen-bond acceptors (Lipinski definition) is 3. The molecule has 0 saturated heterocycles. The second-order valence-corrected chi connectivity index (χ2v) is 28.9. The lowest BCUT2D eigenvalue weighted by molar-refractivity contribution is -0.00527. The van der Waals surface area contributed by atoms with Gasteiger partial charge in [-0.05, 0) is 259 Å². The van der Waals surface area contributed by atoms with Crippen molar-refractivity contribution in [2.75, 3.05) is 9.80 Å². The molecule has 21 rings (SSSR count). The van der Waals surface area contributed by atoms with Crippen LogP contribution in [0.1, 0.15) is 115 Å². The third-order valence-electron chi connectivity index (χ3n) is 22.9. The summed E-state index contributed by atoms with van der Waals surface area (Å²) < 4.78 is 9.88. The summed E-state index contributed by atoms with van der Waals surface area (Å²) in [5.41, 5.74) is 24.5. The molecule has 0 spiro atoms. The van der Waals surface area contributed by atoms with E-state index in [1.165, 1.54) is 155 Å². The van der Waals surface area contributed by atoms with Crippen molar-refractivity contribution in [1.82, 2.24) is 4.48 Å². The fourth-order valence-corrected chi connectivity index (χ4v) is 20.3. The molecule has 10 aliphatic rings. The summed E-state index contributed by atoms with van der Waals surface area (Å²) in [5, 5.41) is 5.22. The van der Waals surface area contributed by atoms with Crippen LogP contribution in [0.25, 0.3) is 66.0 Å². The third kappa shape index (κ3) is 6.88. The lowest BCUT2D eigenvalue weighted by Gasteiger charge is -2.57. The van der Waals surface area contributed by atoms with Crippen molar-refractivity contribution in [2.45, 2.75) is 114 Å². The maximum Gasteiger partial charge on any atom is 0.333 e. The van der Waals surface area contributed by atoms with Gasteiger partial charge in [-0.2, -0.15) is 0 Å². The Morgan fingerprint density at radius 1 is 0.446 bits per heavy atom. The van der Waals surface area contributed by atoms with Gasteiger partial charge in [-0.25, -0.2) is 0 Å². The van der Waals surface area contributed by atoms with Crippen molar-refractivity contribution < 1.29 is 4.42 Å². The Labute approximate surface area is 488 Å². The molecule has 0 N–H and O–H groups in total. The van der Waals surface area contributed by atoms with Gasteiger partial charge in [-0.1, -0.05) is 118 Å². The molecule has 406 valence electrons. The van der Waals surface area contributed by atoms with Crippen LogP contribution in [-0.4, -0.2) is 11.3 Å². The maximum atomic E-state index is 7.03. The predicted octanol–water partition coefficient (Wildman–Crippen LogP) is 19.5. The van der Waals surface area contributed by atoms with Gasteiger partial charge < -0.3 is 18.7 Å². The van der Waals surface area contributed by atoms with Gasteiger partial charge in [-0.15, -0.1) is 0 Å². The van der Waals surface area contributed by atoms with Gasteiger partial charge in [0.25, 0.3) is 0 Å². The van der Waals surface area contributed by atoms with Gasteiger partial charge in [0.05, 0.1) is 5.69 Å². The zero-order valence-electron chi connectivity index (χ0n) is 48.2. The zero-order chi connectivity index (χ0) is 54.7. The minimum atomic E-state index is -0.142. The van der Waals surface area contributed by atoms with E-state index < -0.39 is 0 Å². The van der Waals surface area contributed by atoms with E-state index in [0.717, 1.165) is 74.5 Å². The molecule has 9 aromatic carbocycles. The standard InChI is InChI=1S/C78H70BN3O/c1-76(2,3)54-23-25-68(61(33-54)53-15-7-4-8-16-53)81-70-39-63-60-21-13-14-22-72(60)83-73(63)40-67(70)79-74-64(37-59(38-71(74)81)80(57-17-9-5-10-18-57)58-19-11-6-12-20-58)66-36-56(78-44-50-30-51(45-78)32-52(31-50)46-78)35-65-62-34-55(24-26-69(62)82(79)75(65)66)77-41-47-27-48(42-77)29-49(28-47)43-77/h4-26,33-40,47-52H,27-32,41-46H2,1-3H3. The second-order valence-electron chi connectivity index (χ2n) is 28.9. The SMILES string of the molecule is CC(C)(C)c1ccc(N2c3cc4c(cc3B3c5c(cc(N(c6ccccc6)c6ccccc6)cc52)-c2cc(C56CC7CC(CC(C7)C5)C6)cc5c6cc(C78CC9CC(CC(C9)C7)C8)ccc6n3c25)oc2ccccc24)c(-c2ccccc2)c1. The first-order chi connectivity index (χ1) is 40.6. The summed E-state index contributed by atoms with van der Waals surface area (Å²) in [5.74, 6) is 5.16. The van der Waals surface area contributed by atoms with Crippen molar-refractivity contribution in [1.29, 1.82) is 0 Å². The molecule has 0 amide bonds. The maximum absolute atomic E-state index is 7.03. The zero-order valence-corrected chi connectivity index (χ0v) is 48.2. The van der Waals surface area contributed by atoms with Crippen LogP contribution in [0.3, 0.4) is 0 Å². The van der Waals surface area contributed by atoms with Crippen molar-refractivity contribution in [3.8, 4) is 22.3 Å². The van der Waals surface area contributed by atoms with Crippen molar-refractivity contribution >= 4 is 95.6 Å². The van der Waals surface area contributed by atoms with Gasteiger partial charge in [0.2, 0.25) is 0 Å². The molecule has 8 bridgehead atoms. The lowest BCUT2D eigenvalue weighted by atomic mass is 9.44. The highest BCUT2D eigenvalue weighted by Crippen LogP contribution is 2.64. The number of rotatable bonds is 7. The second kappa shape index (κ2) is 17.0. The molecule has 2 aliphatic heterocycles. The average Bonchev–Trinajstić information content (AvgIpc) is 1.81. The largest absolute Gasteiger partial charge is 0.456 e. The average molecular weight is 1080 g/mol. The molecule has 2 aromatic heterocycles. The first-order valence-corrected chi connectivity index (χ1v) is 31.8. The molecular formula is C78H70BN3O. The number of anilines is 6. The molecule has 0 unspecified atom stereocenters. The molecule has 8 fully saturated rings. The third-order valence-corrected chi connectivity index (χ3v) is 22.9. The first kappa shape index (κ1) is 47.7. The quantitative estimate of drug-likeness (QED) is 0.149. The van der Waals surface area contributed by atoms with Crippen LogP contribution >= 0.6 is 0 Å². The predicted molar refractivity (Wildman–Crippen MR) is 346 cm³/mol. The van der Waals surface area contributed by atoms with E-state index >= 15 is 0 Å². The van der Waals surface area contributed by atoms with Crippen LogP contribution in [0.2, 0.25) is 0 Å². The Bertz CT molecular complexity index is 4410. The summed E-state index contributed by atoms with van der Waals surface area (Å²) in [7, 11) is 0. The first-order valence-electron chi connectivity index (χ1n) is 31.8. The van der Waals surface area contributed by atoms with Crippen LogP contribution < -0.4 is 20.7 Å². The van der Waals surface area contributed by atoms with Crippen molar-refractivity contribution in [2.24, 2.45) is 35.5 Å². The van der Waals surface area contributed by atoms with Crippen LogP contribution in [0.15, 0.2) is 192 Å². The Hall–Kier alpha value is -7.76. The molecule has 83 heavy (non-hydrogen) atoms. The van der Waals surface area contributed by atoms with Gasteiger partial charge in [0.15, 0.2) is 0 Å². The summed E-state index contributed by atoms with van der Waals surface area (Å²) in [6, 6.07) is 73.3. The van der Waals surface area contributed by atoms with Gasteiger partial charge in [0.1, 0.15) is 11.2 Å². The minimum absolute atomic E-state index is 0.0612. The number of aromatic nitrogens is 1. The monoisotopic (exact) mass is 1080 g/mol.